The molecule has 2 aromatic carbocycles. The largest absolute Gasteiger partial charge is 0.486 e. The number of fused-ring (bicyclic) bond motifs is 2. The van der Waals surface area contributed by atoms with Crippen LogP contribution in [-0.4, -0.2) is 46.4 Å². The van der Waals surface area contributed by atoms with Crippen molar-refractivity contribution in [2.75, 3.05) is 35.6 Å². The first-order chi connectivity index (χ1) is 14.5. The normalized spacial score (nSPS) is 18.1. The number of nitrogens with zero attached hydrogens (tertiary/aromatic N) is 1. The van der Waals surface area contributed by atoms with E-state index in [4.69, 9.17) is 14.2 Å². The highest BCUT2D eigenvalue weighted by Gasteiger charge is 2.36. The standard InChI is InChI=1S/C22H26N2O6S/c1-22(2,3)14-5-7-17-16(11-14)24(31(4,26)27)13-20(30-17)21(25)23-15-6-8-18-19(12-15)29-10-9-28-18/h5-8,11-12,20H,9-10,13H2,1-4H3,(H,23,25)/t20-/m0/s1. The molecule has 2 aliphatic rings. The van der Waals surface area contributed by atoms with Crippen molar-refractivity contribution in [3.05, 3.63) is 42.0 Å². The van der Waals surface area contributed by atoms with Gasteiger partial charge in [-0.1, -0.05) is 26.8 Å². The van der Waals surface area contributed by atoms with E-state index < -0.39 is 22.0 Å². The number of hydrogen-bond acceptors (Lipinski definition) is 6. The van der Waals surface area contributed by atoms with Crippen molar-refractivity contribution < 1.29 is 27.4 Å². The van der Waals surface area contributed by atoms with Crippen LogP contribution in [0.4, 0.5) is 11.4 Å². The predicted octanol–water partition coefficient (Wildman–Crippen LogP) is 2.92. The number of nitrogens with one attached hydrogen (secondary N) is 1. The molecular formula is C22H26N2O6S. The zero-order chi connectivity index (χ0) is 22.4. The number of carbonyl (C=O) groups is 1. The molecule has 0 radical (unpaired) electrons. The van der Waals surface area contributed by atoms with Gasteiger partial charge >= 0.3 is 0 Å². The lowest BCUT2D eigenvalue weighted by Crippen LogP contribution is -2.48. The quantitative estimate of drug-likeness (QED) is 0.779. The predicted molar refractivity (Wildman–Crippen MR) is 118 cm³/mol. The Hall–Kier alpha value is -2.94. The van der Waals surface area contributed by atoms with Gasteiger partial charge in [0.25, 0.3) is 5.91 Å². The Morgan fingerprint density at radius 1 is 1.03 bits per heavy atom. The summed E-state index contributed by atoms with van der Waals surface area (Å²) >= 11 is 0. The van der Waals surface area contributed by atoms with Gasteiger partial charge in [-0.3, -0.25) is 9.10 Å². The van der Waals surface area contributed by atoms with Gasteiger partial charge in [0.15, 0.2) is 17.6 Å². The summed E-state index contributed by atoms with van der Waals surface area (Å²) in [7, 11) is -3.62. The molecule has 4 rings (SSSR count). The van der Waals surface area contributed by atoms with Gasteiger partial charge in [0.2, 0.25) is 10.0 Å². The molecule has 2 aliphatic heterocycles. The van der Waals surface area contributed by atoms with E-state index in [2.05, 4.69) is 5.32 Å². The summed E-state index contributed by atoms with van der Waals surface area (Å²) in [5.74, 6) is 1.07. The van der Waals surface area contributed by atoms with E-state index in [0.717, 1.165) is 11.8 Å². The monoisotopic (exact) mass is 446 g/mol. The number of ether oxygens (including phenoxy) is 3. The van der Waals surface area contributed by atoms with Crippen LogP contribution in [0.2, 0.25) is 0 Å². The SMILES string of the molecule is CC(C)(C)c1ccc2c(c1)N(S(C)(=O)=O)C[C@@H](C(=O)Nc1ccc3c(c1)OCCO3)O2. The number of carbonyl (C=O) groups excluding carboxylic acids is 1. The summed E-state index contributed by atoms with van der Waals surface area (Å²) < 4.78 is 43.2. The first-order valence-corrected chi connectivity index (χ1v) is 11.9. The highest BCUT2D eigenvalue weighted by molar-refractivity contribution is 7.92. The number of rotatable bonds is 3. The molecule has 0 saturated heterocycles. The third kappa shape index (κ3) is 4.41. The number of anilines is 2. The average molecular weight is 447 g/mol. The van der Waals surface area contributed by atoms with Crippen molar-refractivity contribution in [1.29, 1.82) is 0 Å². The Kier molecular flexibility index (Phi) is 5.25. The second-order valence-corrected chi connectivity index (χ2v) is 10.6. The van der Waals surface area contributed by atoms with Crippen LogP contribution in [0.3, 0.4) is 0 Å². The van der Waals surface area contributed by atoms with E-state index in [-0.39, 0.29) is 12.0 Å². The van der Waals surface area contributed by atoms with Gasteiger partial charge in [-0.25, -0.2) is 8.42 Å². The number of benzene rings is 2. The molecule has 0 bridgehead atoms. The fourth-order valence-corrected chi connectivity index (χ4v) is 4.42. The van der Waals surface area contributed by atoms with E-state index in [1.54, 1.807) is 24.3 Å². The molecule has 9 heteroatoms. The zero-order valence-corrected chi connectivity index (χ0v) is 18.8. The molecule has 8 nitrogen and oxygen atoms in total. The van der Waals surface area contributed by atoms with Crippen molar-refractivity contribution >= 4 is 27.3 Å². The van der Waals surface area contributed by atoms with Crippen molar-refractivity contribution in [3.63, 3.8) is 0 Å². The topological polar surface area (TPSA) is 94.2 Å². The van der Waals surface area contributed by atoms with Gasteiger partial charge in [-0.2, -0.15) is 0 Å². The number of amides is 1. The van der Waals surface area contributed by atoms with Crippen molar-refractivity contribution in [2.45, 2.75) is 32.3 Å². The van der Waals surface area contributed by atoms with Gasteiger partial charge in [0, 0.05) is 11.8 Å². The lowest BCUT2D eigenvalue weighted by molar-refractivity contribution is -0.122. The molecule has 0 spiro atoms. The van der Waals surface area contributed by atoms with Gasteiger partial charge in [0.1, 0.15) is 19.0 Å². The molecule has 1 atom stereocenters. The van der Waals surface area contributed by atoms with Crippen LogP contribution < -0.4 is 23.8 Å². The van der Waals surface area contributed by atoms with Gasteiger partial charge in [-0.15, -0.1) is 0 Å². The van der Waals surface area contributed by atoms with Crippen molar-refractivity contribution in [1.82, 2.24) is 0 Å². The minimum absolute atomic E-state index is 0.115. The number of hydrogen-bond donors (Lipinski definition) is 1. The molecule has 2 heterocycles. The minimum atomic E-state index is -3.62. The maximum atomic E-state index is 12.9. The smallest absolute Gasteiger partial charge is 0.267 e. The van der Waals surface area contributed by atoms with Crippen molar-refractivity contribution in [3.8, 4) is 17.2 Å². The Bertz CT molecular complexity index is 1120. The Balaban J connectivity index is 1.60. The van der Waals surface area contributed by atoms with E-state index in [1.807, 2.05) is 32.9 Å². The first kappa shape index (κ1) is 21.3. The zero-order valence-electron chi connectivity index (χ0n) is 18.0. The highest BCUT2D eigenvalue weighted by atomic mass is 32.2. The molecule has 0 unspecified atom stereocenters. The van der Waals surface area contributed by atoms with Crippen LogP contribution >= 0.6 is 0 Å². The summed E-state index contributed by atoms with van der Waals surface area (Å²) in [6.07, 6.45) is 0.123. The van der Waals surface area contributed by atoms with Crippen LogP contribution in [0, 0.1) is 0 Å². The maximum Gasteiger partial charge on any atom is 0.267 e. The second kappa shape index (κ2) is 7.64. The van der Waals surface area contributed by atoms with Crippen molar-refractivity contribution in [2.24, 2.45) is 0 Å². The minimum Gasteiger partial charge on any atom is -0.486 e. The lowest BCUT2D eigenvalue weighted by atomic mass is 9.86. The van der Waals surface area contributed by atoms with Gasteiger partial charge < -0.3 is 19.5 Å². The molecule has 1 N–H and O–H groups in total. The second-order valence-electron chi connectivity index (χ2n) is 8.68. The number of sulfonamides is 1. The summed E-state index contributed by atoms with van der Waals surface area (Å²) in [6, 6.07) is 10.5. The molecule has 1 amide bonds. The van der Waals surface area contributed by atoms with Crippen LogP contribution in [0.15, 0.2) is 36.4 Å². The highest BCUT2D eigenvalue weighted by Crippen LogP contribution is 2.39. The fourth-order valence-electron chi connectivity index (χ4n) is 3.51. The first-order valence-electron chi connectivity index (χ1n) is 10.0. The molecule has 166 valence electrons. The fraction of sp³-hybridized carbons (Fsp3) is 0.409. The third-order valence-electron chi connectivity index (χ3n) is 5.20. The molecule has 0 saturated carbocycles. The van der Waals surface area contributed by atoms with E-state index in [1.165, 1.54) is 4.31 Å². The molecule has 2 aromatic rings. The van der Waals surface area contributed by atoms with Crippen LogP contribution in [0.25, 0.3) is 0 Å². The summed E-state index contributed by atoms with van der Waals surface area (Å²) in [5, 5.41) is 2.78. The molecule has 31 heavy (non-hydrogen) atoms. The van der Waals surface area contributed by atoms with E-state index in [9.17, 15) is 13.2 Å². The molecule has 0 fully saturated rings. The van der Waals surface area contributed by atoms with Crippen LogP contribution in [0.1, 0.15) is 26.3 Å². The Labute approximate surface area is 182 Å². The Morgan fingerprint density at radius 2 is 1.71 bits per heavy atom. The van der Waals surface area contributed by atoms with E-state index >= 15 is 0 Å². The third-order valence-corrected chi connectivity index (χ3v) is 6.34. The molecule has 0 aliphatic carbocycles. The summed E-state index contributed by atoms with van der Waals surface area (Å²) in [5.41, 5.74) is 1.77. The lowest BCUT2D eigenvalue weighted by Gasteiger charge is -2.35. The summed E-state index contributed by atoms with van der Waals surface area (Å²) in [6.45, 7) is 6.95. The van der Waals surface area contributed by atoms with Gasteiger partial charge in [0.05, 0.1) is 18.5 Å². The van der Waals surface area contributed by atoms with Gasteiger partial charge in [-0.05, 0) is 35.2 Å². The molecule has 0 aromatic heterocycles. The van der Waals surface area contributed by atoms with Crippen LogP contribution in [0.5, 0.6) is 17.2 Å². The maximum absolute atomic E-state index is 12.9. The van der Waals surface area contributed by atoms with E-state index in [0.29, 0.717) is 41.8 Å². The Morgan fingerprint density at radius 3 is 2.39 bits per heavy atom. The average Bonchev–Trinajstić information content (AvgIpc) is 2.71. The summed E-state index contributed by atoms with van der Waals surface area (Å²) in [4.78, 5) is 12.9. The van der Waals surface area contributed by atoms with Crippen LogP contribution in [-0.2, 0) is 20.2 Å². The molecular weight excluding hydrogens is 420 g/mol.